The number of thiol groups is 1. The zero-order valence-corrected chi connectivity index (χ0v) is 11.6. The molecule has 1 heterocycles. The Bertz CT molecular complexity index is 227. The largest absolute Gasteiger partial charge is 0.388 e. The average molecular weight is 280 g/mol. The van der Waals surface area contributed by atoms with Gasteiger partial charge in [0, 0.05) is 12.4 Å². The van der Waals surface area contributed by atoms with Crippen LogP contribution >= 0.6 is 12.6 Å². The van der Waals surface area contributed by atoms with E-state index in [9.17, 15) is 15.3 Å². The molecule has 0 saturated carbocycles. The zero-order chi connectivity index (χ0) is 13.5. The highest BCUT2D eigenvalue weighted by Crippen LogP contribution is 2.23. The summed E-state index contributed by atoms with van der Waals surface area (Å²) in [5, 5.41) is 29.0. The van der Waals surface area contributed by atoms with Crippen LogP contribution in [0.1, 0.15) is 32.6 Å². The lowest BCUT2D eigenvalue weighted by molar-refractivity contribution is -0.292. The van der Waals surface area contributed by atoms with Crippen LogP contribution in [0.3, 0.4) is 0 Å². The van der Waals surface area contributed by atoms with Gasteiger partial charge >= 0.3 is 0 Å². The van der Waals surface area contributed by atoms with Crippen molar-refractivity contribution < 1.29 is 24.8 Å². The summed E-state index contributed by atoms with van der Waals surface area (Å²) in [5.41, 5.74) is 0. The third kappa shape index (κ3) is 4.36. The average Bonchev–Trinajstić information content (AvgIpc) is 2.38. The molecule has 1 rings (SSSR count). The molecule has 0 radical (unpaired) electrons. The van der Waals surface area contributed by atoms with Crippen LogP contribution < -0.4 is 0 Å². The van der Waals surface area contributed by atoms with Gasteiger partial charge in [0.2, 0.25) is 0 Å². The lowest BCUT2D eigenvalue weighted by atomic mass is 10.00. The van der Waals surface area contributed by atoms with E-state index in [4.69, 9.17) is 9.47 Å². The van der Waals surface area contributed by atoms with E-state index in [1.165, 1.54) is 0 Å². The van der Waals surface area contributed by atoms with E-state index in [-0.39, 0.29) is 5.75 Å². The first-order valence-electron chi connectivity index (χ1n) is 6.54. The van der Waals surface area contributed by atoms with Crippen molar-refractivity contribution in [1.29, 1.82) is 0 Å². The molecule has 0 aromatic heterocycles. The summed E-state index contributed by atoms with van der Waals surface area (Å²) >= 11 is 4.04. The predicted molar refractivity (Wildman–Crippen MR) is 70.6 cm³/mol. The Morgan fingerprint density at radius 2 is 1.78 bits per heavy atom. The van der Waals surface area contributed by atoms with Crippen LogP contribution in [0.25, 0.3) is 0 Å². The standard InChI is InChI=1S/C12H24O5S/c1-2-3-4-5-6-16-12-11(15)10(14)9(13)8(7-18)17-12/h8-15,18H,2-7H2,1H3. The fourth-order valence-electron chi connectivity index (χ4n) is 1.93. The highest BCUT2D eigenvalue weighted by Gasteiger charge is 2.43. The highest BCUT2D eigenvalue weighted by atomic mass is 32.1. The molecule has 0 aromatic carbocycles. The van der Waals surface area contributed by atoms with E-state index in [0.717, 1.165) is 25.7 Å². The number of ether oxygens (including phenoxy) is 2. The molecule has 3 N–H and O–H groups in total. The minimum atomic E-state index is -1.25. The molecule has 108 valence electrons. The minimum Gasteiger partial charge on any atom is -0.388 e. The second-order valence-electron chi connectivity index (χ2n) is 4.63. The zero-order valence-electron chi connectivity index (χ0n) is 10.7. The summed E-state index contributed by atoms with van der Waals surface area (Å²) in [5.74, 6) is 0.265. The van der Waals surface area contributed by atoms with Gasteiger partial charge in [0.25, 0.3) is 0 Å². The van der Waals surface area contributed by atoms with E-state index in [1.807, 2.05) is 0 Å². The summed E-state index contributed by atoms with van der Waals surface area (Å²) < 4.78 is 10.8. The quantitative estimate of drug-likeness (QED) is 0.399. The van der Waals surface area contributed by atoms with Gasteiger partial charge in [-0.1, -0.05) is 26.2 Å². The van der Waals surface area contributed by atoms with Crippen molar-refractivity contribution in [3.05, 3.63) is 0 Å². The molecule has 0 aromatic rings. The van der Waals surface area contributed by atoms with Gasteiger partial charge in [-0.15, -0.1) is 0 Å². The summed E-state index contributed by atoms with van der Waals surface area (Å²) in [7, 11) is 0. The monoisotopic (exact) mass is 280 g/mol. The number of unbranched alkanes of at least 4 members (excludes halogenated alkanes) is 3. The first-order valence-corrected chi connectivity index (χ1v) is 7.17. The Kier molecular flexibility index (Phi) is 7.51. The maximum atomic E-state index is 9.74. The summed E-state index contributed by atoms with van der Waals surface area (Å²) in [6, 6.07) is 0. The molecule has 1 aliphatic heterocycles. The van der Waals surface area contributed by atoms with Crippen LogP contribution in [0.5, 0.6) is 0 Å². The van der Waals surface area contributed by atoms with E-state index in [1.54, 1.807) is 0 Å². The van der Waals surface area contributed by atoms with Gasteiger partial charge in [0.05, 0.1) is 6.10 Å². The third-order valence-corrected chi connectivity index (χ3v) is 3.49. The van der Waals surface area contributed by atoms with Crippen LogP contribution in [-0.2, 0) is 9.47 Å². The van der Waals surface area contributed by atoms with Gasteiger partial charge in [-0.25, -0.2) is 0 Å². The van der Waals surface area contributed by atoms with Gasteiger partial charge < -0.3 is 24.8 Å². The minimum absolute atomic E-state index is 0.265. The first-order chi connectivity index (χ1) is 8.61. The van der Waals surface area contributed by atoms with E-state index in [0.29, 0.717) is 6.61 Å². The topological polar surface area (TPSA) is 79.2 Å². The molecule has 5 unspecified atom stereocenters. The van der Waals surface area contributed by atoms with E-state index < -0.39 is 30.7 Å². The number of hydrogen-bond acceptors (Lipinski definition) is 6. The molecule has 18 heavy (non-hydrogen) atoms. The van der Waals surface area contributed by atoms with Crippen molar-refractivity contribution in [3.8, 4) is 0 Å². The highest BCUT2D eigenvalue weighted by molar-refractivity contribution is 7.80. The van der Waals surface area contributed by atoms with Gasteiger partial charge in [0.1, 0.15) is 18.3 Å². The van der Waals surface area contributed by atoms with Gasteiger partial charge in [-0.05, 0) is 6.42 Å². The Morgan fingerprint density at radius 3 is 2.39 bits per heavy atom. The summed E-state index contributed by atoms with van der Waals surface area (Å²) in [6.07, 6.45) is -0.843. The Labute approximate surface area is 114 Å². The molecule has 6 heteroatoms. The molecule has 0 amide bonds. The number of rotatable bonds is 7. The van der Waals surface area contributed by atoms with Gasteiger partial charge in [-0.3, -0.25) is 0 Å². The second-order valence-corrected chi connectivity index (χ2v) is 4.99. The summed E-state index contributed by atoms with van der Waals surface area (Å²) in [4.78, 5) is 0. The number of aliphatic hydroxyl groups is 3. The molecule has 5 nitrogen and oxygen atoms in total. The number of hydrogen-bond donors (Lipinski definition) is 4. The van der Waals surface area contributed by atoms with Crippen LogP contribution in [-0.4, -0.2) is 58.4 Å². The smallest absolute Gasteiger partial charge is 0.186 e. The van der Waals surface area contributed by atoms with Crippen LogP contribution in [0.4, 0.5) is 0 Å². The lowest BCUT2D eigenvalue weighted by Crippen LogP contribution is -2.58. The molecule has 0 bridgehead atoms. The maximum absolute atomic E-state index is 9.74. The van der Waals surface area contributed by atoms with Gasteiger partial charge in [0.15, 0.2) is 6.29 Å². The number of aliphatic hydroxyl groups excluding tert-OH is 3. The SMILES string of the molecule is CCCCCCOC1OC(CS)C(O)C(O)C1O. The molecule has 1 fully saturated rings. The Balaban J connectivity index is 2.35. The molecule has 0 spiro atoms. The second kappa shape index (κ2) is 8.35. The predicted octanol–water partition coefficient (Wildman–Crippen LogP) is 0.321. The molecule has 1 aliphatic rings. The maximum Gasteiger partial charge on any atom is 0.186 e. The van der Waals surface area contributed by atoms with Crippen molar-refractivity contribution in [1.82, 2.24) is 0 Å². The van der Waals surface area contributed by atoms with Crippen LogP contribution in [0.15, 0.2) is 0 Å². The van der Waals surface area contributed by atoms with Gasteiger partial charge in [-0.2, -0.15) is 12.6 Å². The van der Waals surface area contributed by atoms with E-state index in [2.05, 4.69) is 19.6 Å². The normalized spacial score (nSPS) is 36.8. The molecular weight excluding hydrogens is 256 g/mol. The molecule has 0 aliphatic carbocycles. The van der Waals surface area contributed by atoms with Crippen molar-refractivity contribution in [2.75, 3.05) is 12.4 Å². The molecule has 5 atom stereocenters. The van der Waals surface area contributed by atoms with Crippen LogP contribution in [0, 0.1) is 0 Å². The fraction of sp³-hybridized carbons (Fsp3) is 1.00. The van der Waals surface area contributed by atoms with E-state index >= 15 is 0 Å². The molecular formula is C12H24O5S. The third-order valence-electron chi connectivity index (χ3n) is 3.13. The molecule has 1 saturated heterocycles. The van der Waals surface area contributed by atoms with Crippen molar-refractivity contribution in [3.63, 3.8) is 0 Å². The van der Waals surface area contributed by atoms with Crippen molar-refractivity contribution >= 4 is 12.6 Å². The Morgan fingerprint density at radius 1 is 1.06 bits per heavy atom. The first kappa shape index (κ1) is 16.2. The van der Waals surface area contributed by atoms with Crippen molar-refractivity contribution in [2.45, 2.75) is 63.3 Å². The van der Waals surface area contributed by atoms with Crippen LogP contribution in [0.2, 0.25) is 0 Å². The summed E-state index contributed by atoms with van der Waals surface area (Å²) in [6.45, 7) is 2.60. The lowest BCUT2D eigenvalue weighted by Gasteiger charge is -2.39. The van der Waals surface area contributed by atoms with Crippen molar-refractivity contribution in [2.24, 2.45) is 0 Å². The fourth-order valence-corrected chi connectivity index (χ4v) is 2.24. The Hall–Kier alpha value is 0.150.